The van der Waals surface area contributed by atoms with Crippen LogP contribution in [0.2, 0.25) is 0 Å². The third kappa shape index (κ3) is 3.66. The molecule has 0 aliphatic carbocycles. The van der Waals surface area contributed by atoms with Crippen molar-refractivity contribution < 1.29 is 19.8 Å². The minimum absolute atomic E-state index is 0.00690. The number of nitrogens with zero attached hydrogens (tertiary/aromatic N) is 3. The molecule has 3 aromatic carbocycles. The molecule has 2 amide bonds. The van der Waals surface area contributed by atoms with E-state index in [2.05, 4.69) is 15.5 Å². The smallest absolute Gasteiger partial charge is 0.258 e. The second-order valence-electron chi connectivity index (χ2n) is 6.79. The highest BCUT2D eigenvalue weighted by Gasteiger charge is 2.25. The van der Waals surface area contributed by atoms with Crippen LogP contribution < -0.4 is 10.2 Å². The van der Waals surface area contributed by atoms with Crippen LogP contribution in [0.1, 0.15) is 20.7 Å². The lowest BCUT2D eigenvalue weighted by atomic mass is 9.94. The van der Waals surface area contributed by atoms with Crippen LogP contribution in [0.5, 0.6) is 0 Å². The topological polar surface area (TPSA) is 115 Å². The van der Waals surface area contributed by atoms with Gasteiger partial charge in [0, 0.05) is 40.7 Å². The van der Waals surface area contributed by atoms with E-state index in [0.29, 0.717) is 46.4 Å². The summed E-state index contributed by atoms with van der Waals surface area (Å²) in [4.78, 5) is 26.1. The zero-order valence-corrected chi connectivity index (χ0v) is 16.1. The van der Waals surface area contributed by atoms with Crippen LogP contribution >= 0.6 is 0 Å². The fourth-order valence-corrected chi connectivity index (χ4v) is 3.55. The Labute approximate surface area is 172 Å². The van der Waals surface area contributed by atoms with Crippen LogP contribution in [-0.4, -0.2) is 48.3 Å². The molecule has 0 spiro atoms. The maximum atomic E-state index is 12.1. The SMILES string of the molecule is O=C1NC(=O)c2ccc(N=Nc3ccc(N(CCO)CCO)cc3)c3cccc1c23. The first-order valence-electron chi connectivity index (χ1n) is 9.52. The van der Waals surface area contributed by atoms with Crippen molar-refractivity contribution in [3.8, 4) is 0 Å². The number of azo groups is 1. The van der Waals surface area contributed by atoms with Crippen LogP contribution in [0, 0.1) is 0 Å². The number of amides is 2. The summed E-state index contributed by atoms with van der Waals surface area (Å²) in [5.41, 5.74) is 2.93. The van der Waals surface area contributed by atoms with Gasteiger partial charge in [-0.05, 0) is 42.5 Å². The number of aliphatic hydroxyl groups is 2. The van der Waals surface area contributed by atoms with Crippen molar-refractivity contribution in [3.63, 3.8) is 0 Å². The molecule has 0 unspecified atom stereocenters. The first kappa shape index (κ1) is 19.7. The summed E-state index contributed by atoms with van der Waals surface area (Å²) >= 11 is 0. The Morgan fingerprint density at radius 2 is 1.47 bits per heavy atom. The molecule has 0 radical (unpaired) electrons. The Hall–Kier alpha value is -3.62. The van der Waals surface area contributed by atoms with E-state index >= 15 is 0 Å². The third-order valence-electron chi connectivity index (χ3n) is 4.96. The summed E-state index contributed by atoms with van der Waals surface area (Å²) in [6, 6.07) is 15.9. The van der Waals surface area contributed by atoms with Crippen LogP contribution in [-0.2, 0) is 0 Å². The largest absolute Gasteiger partial charge is 0.395 e. The summed E-state index contributed by atoms with van der Waals surface area (Å²) in [7, 11) is 0. The zero-order valence-electron chi connectivity index (χ0n) is 16.1. The molecule has 0 fully saturated rings. The van der Waals surface area contributed by atoms with E-state index in [1.165, 1.54) is 0 Å². The normalized spacial score (nSPS) is 13.1. The van der Waals surface area contributed by atoms with E-state index < -0.39 is 11.8 Å². The number of imide groups is 1. The van der Waals surface area contributed by atoms with Gasteiger partial charge in [0.15, 0.2) is 0 Å². The lowest BCUT2D eigenvalue weighted by molar-refractivity contribution is 0.0845. The average molecular weight is 404 g/mol. The van der Waals surface area contributed by atoms with Gasteiger partial charge in [-0.1, -0.05) is 12.1 Å². The Kier molecular flexibility index (Phi) is 5.51. The number of anilines is 1. The minimum atomic E-state index is -0.418. The number of aliphatic hydroxyl groups excluding tert-OH is 2. The molecular formula is C22H20N4O4. The van der Waals surface area contributed by atoms with Crippen LogP contribution in [0.4, 0.5) is 17.1 Å². The molecule has 0 bridgehead atoms. The van der Waals surface area contributed by atoms with Gasteiger partial charge in [0.25, 0.3) is 11.8 Å². The van der Waals surface area contributed by atoms with Crippen LogP contribution in [0.3, 0.4) is 0 Å². The van der Waals surface area contributed by atoms with Gasteiger partial charge < -0.3 is 15.1 Å². The lowest BCUT2D eigenvalue weighted by Crippen LogP contribution is -2.34. The molecule has 0 atom stereocenters. The van der Waals surface area contributed by atoms with Crippen molar-refractivity contribution in [1.82, 2.24) is 5.32 Å². The van der Waals surface area contributed by atoms with E-state index in [0.717, 1.165) is 5.69 Å². The first-order valence-corrected chi connectivity index (χ1v) is 9.52. The number of carbonyl (C=O) groups is 2. The van der Waals surface area contributed by atoms with Crippen molar-refractivity contribution in [2.75, 3.05) is 31.2 Å². The highest BCUT2D eigenvalue weighted by molar-refractivity contribution is 6.26. The van der Waals surface area contributed by atoms with Crippen molar-refractivity contribution in [2.24, 2.45) is 10.2 Å². The molecule has 0 saturated carbocycles. The van der Waals surface area contributed by atoms with Crippen molar-refractivity contribution in [1.29, 1.82) is 0 Å². The van der Waals surface area contributed by atoms with Crippen molar-refractivity contribution in [3.05, 3.63) is 65.7 Å². The monoisotopic (exact) mass is 404 g/mol. The van der Waals surface area contributed by atoms with Gasteiger partial charge in [-0.3, -0.25) is 14.9 Å². The summed E-state index contributed by atoms with van der Waals surface area (Å²) in [6.45, 7) is 0.836. The fraction of sp³-hybridized carbons (Fsp3) is 0.182. The number of benzene rings is 3. The first-order chi connectivity index (χ1) is 14.6. The molecule has 4 rings (SSSR count). The Bertz CT molecular complexity index is 1120. The summed E-state index contributed by atoms with van der Waals surface area (Å²) in [5, 5.41) is 30.6. The van der Waals surface area contributed by atoms with Gasteiger partial charge in [0.2, 0.25) is 0 Å². The molecule has 8 heteroatoms. The predicted octanol–water partition coefficient (Wildman–Crippen LogP) is 2.93. The second kappa shape index (κ2) is 8.40. The summed E-state index contributed by atoms with van der Waals surface area (Å²) < 4.78 is 0. The van der Waals surface area contributed by atoms with Gasteiger partial charge >= 0.3 is 0 Å². The Morgan fingerprint density at radius 3 is 2.13 bits per heavy atom. The molecule has 0 aromatic heterocycles. The molecule has 3 N–H and O–H groups in total. The van der Waals surface area contributed by atoms with Gasteiger partial charge in [-0.15, -0.1) is 5.11 Å². The molecule has 1 aliphatic rings. The summed E-state index contributed by atoms with van der Waals surface area (Å²) in [5.74, 6) is -0.837. The fourth-order valence-electron chi connectivity index (χ4n) is 3.55. The minimum Gasteiger partial charge on any atom is -0.395 e. The molecular weight excluding hydrogens is 384 g/mol. The number of hydrogen-bond acceptors (Lipinski definition) is 7. The van der Waals surface area contributed by atoms with E-state index in [1.807, 2.05) is 23.1 Å². The quantitative estimate of drug-likeness (QED) is 0.414. The van der Waals surface area contributed by atoms with Gasteiger partial charge in [-0.25, -0.2) is 0 Å². The third-order valence-corrected chi connectivity index (χ3v) is 4.96. The van der Waals surface area contributed by atoms with Crippen LogP contribution in [0.15, 0.2) is 64.8 Å². The standard InChI is InChI=1S/C22H20N4O4/c27-12-10-26(11-13-28)15-6-4-14(5-7-15)24-25-19-9-8-18-20-16(19)2-1-3-17(20)21(29)23-22(18)30/h1-9,27-28H,10-13H2,(H,23,29,30). The second-order valence-corrected chi connectivity index (χ2v) is 6.79. The molecule has 1 aliphatic heterocycles. The van der Waals surface area contributed by atoms with E-state index in [4.69, 9.17) is 10.2 Å². The molecule has 152 valence electrons. The zero-order chi connectivity index (χ0) is 21.1. The Balaban J connectivity index is 1.65. The molecule has 3 aromatic rings. The van der Waals surface area contributed by atoms with E-state index in [9.17, 15) is 9.59 Å². The van der Waals surface area contributed by atoms with Crippen LogP contribution in [0.25, 0.3) is 10.8 Å². The lowest BCUT2D eigenvalue weighted by Gasteiger charge is -2.22. The highest BCUT2D eigenvalue weighted by Crippen LogP contribution is 2.34. The number of rotatable bonds is 7. The maximum absolute atomic E-state index is 12.1. The van der Waals surface area contributed by atoms with Crippen molar-refractivity contribution >= 4 is 39.6 Å². The molecule has 8 nitrogen and oxygen atoms in total. The van der Waals surface area contributed by atoms with Gasteiger partial charge in [-0.2, -0.15) is 5.11 Å². The highest BCUT2D eigenvalue weighted by atomic mass is 16.3. The predicted molar refractivity (Wildman–Crippen MR) is 113 cm³/mol. The molecule has 30 heavy (non-hydrogen) atoms. The number of carbonyl (C=O) groups excluding carboxylic acids is 2. The number of nitrogens with one attached hydrogen (secondary N) is 1. The van der Waals surface area contributed by atoms with Gasteiger partial charge in [0.05, 0.1) is 24.6 Å². The number of hydrogen-bond donors (Lipinski definition) is 3. The molecule has 0 saturated heterocycles. The van der Waals surface area contributed by atoms with Gasteiger partial charge in [0.1, 0.15) is 0 Å². The summed E-state index contributed by atoms with van der Waals surface area (Å²) in [6.07, 6.45) is 0. The van der Waals surface area contributed by atoms with E-state index in [1.54, 1.807) is 36.4 Å². The average Bonchev–Trinajstić information content (AvgIpc) is 2.76. The van der Waals surface area contributed by atoms with E-state index in [-0.39, 0.29) is 13.2 Å². The molecule has 1 heterocycles. The maximum Gasteiger partial charge on any atom is 0.258 e. The Morgan fingerprint density at radius 1 is 0.800 bits per heavy atom. The van der Waals surface area contributed by atoms with Crippen molar-refractivity contribution in [2.45, 2.75) is 0 Å².